The Morgan fingerprint density at radius 2 is 1.42 bits per heavy atom. The van der Waals surface area contributed by atoms with E-state index in [4.69, 9.17) is 4.42 Å². The molecule has 4 rings (SSSR count). The summed E-state index contributed by atoms with van der Waals surface area (Å²) < 4.78 is 30.5. The molecule has 1 unspecified atom stereocenters. The van der Waals surface area contributed by atoms with Crippen LogP contribution in [0, 0.1) is 0 Å². The third-order valence-corrected chi connectivity index (χ3v) is 7.64. The maximum Gasteiger partial charge on any atom is 0.268 e. The van der Waals surface area contributed by atoms with Gasteiger partial charge in [-0.1, -0.05) is 24.3 Å². The molecule has 170 valence electrons. The highest BCUT2D eigenvalue weighted by Crippen LogP contribution is 2.26. The largest absolute Gasteiger partial charge is 0.415 e. The molecule has 4 aromatic rings. The Labute approximate surface area is 193 Å². The van der Waals surface area contributed by atoms with Gasteiger partial charge in [-0.25, -0.2) is 13.4 Å². The molecule has 0 radical (unpaired) electrons. The minimum atomic E-state index is -3.33. The zero-order valence-electron chi connectivity index (χ0n) is 18.9. The molecule has 0 bridgehead atoms. The van der Waals surface area contributed by atoms with Gasteiger partial charge in [0.25, 0.3) is 5.89 Å². The van der Waals surface area contributed by atoms with Crippen molar-refractivity contribution in [1.82, 2.24) is 25.5 Å². The lowest BCUT2D eigenvalue weighted by Gasteiger charge is -2.10. The quantitative estimate of drug-likeness (QED) is 0.431. The average Bonchev–Trinajstić information content (AvgIpc) is 3.34. The molecule has 0 spiro atoms. The van der Waals surface area contributed by atoms with Crippen molar-refractivity contribution in [2.24, 2.45) is 0 Å². The lowest BCUT2D eigenvalue weighted by molar-refractivity contribution is 0.581. The fourth-order valence-electron chi connectivity index (χ4n) is 3.22. The van der Waals surface area contributed by atoms with Crippen LogP contribution >= 0.6 is 0 Å². The van der Waals surface area contributed by atoms with Crippen molar-refractivity contribution in [3.05, 3.63) is 66.5 Å². The van der Waals surface area contributed by atoms with Crippen molar-refractivity contribution in [2.45, 2.75) is 37.0 Å². The van der Waals surface area contributed by atoms with E-state index in [2.05, 4.69) is 32.4 Å². The van der Waals surface area contributed by atoms with Gasteiger partial charge in [-0.05, 0) is 57.6 Å². The van der Waals surface area contributed by atoms with Crippen LogP contribution in [0.5, 0.6) is 0 Å². The second kappa shape index (κ2) is 9.21. The third kappa shape index (κ3) is 4.69. The van der Waals surface area contributed by atoms with Crippen molar-refractivity contribution in [1.29, 1.82) is 0 Å². The van der Waals surface area contributed by atoms with Crippen molar-refractivity contribution in [2.75, 3.05) is 7.05 Å². The summed E-state index contributed by atoms with van der Waals surface area (Å²) in [6, 6.07) is 14.8. The second-order valence-corrected chi connectivity index (χ2v) is 10.5. The summed E-state index contributed by atoms with van der Waals surface area (Å²) in [4.78, 5) is 9.10. The first-order valence-electron chi connectivity index (χ1n) is 10.6. The van der Waals surface area contributed by atoms with E-state index in [1.54, 1.807) is 50.5 Å². The van der Waals surface area contributed by atoms with Crippen LogP contribution in [0.2, 0.25) is 0 Å². The van der Waals surface area contributed by atoms with Crippen LogP contribution in [-0.4, -0.2) is 40.9 Å². The summed E-state index contributed by atoms with van der Waals surface area (Å²) in [5.41, 5.74) is 3.72. The Morgan fingerprint density at radius 3 is 2.06 bits per heavy atom. The number of rotatable bonds is 7. The zero-order valence-corrected chi connectivity index (χ0v) is 19.7. The molecule has 1 atom stereocenters. The molecule has 9 heteroatoms. The third-order valence-electron chi connectivity index (χ3n) is 5.47. The summed E-state index contributed by atoms with van der Waals surface area (Å²) in [5, 5.41) is 11.0. The molecule has 0 fully saturated rings. The van der Waals surface area contributed by atoms with E-state index in [1.165, 1.54) is 0 Å². The Hall–Kier alpha value is -3.43. The molecule has 0 saturated carbocycles. The maximum absolute atomic E-state index is 12.3. The van der Waals surface area contributed by atoms with Gasteiger partial charge in [-0.2, -0.15) is 0 Å². The van der Waals surface area contributed by atoms with E-state index in [0.717, 1.165) is 16.7 Å². The molecule has 2 heterocycles. The Balaban J connectivity index is 1.58. The van der Waals surface area contributed by atoms with Gasteiger partial charge < -0.3 is 9.73 Å². The average molecular weight is 464 g/mol. The minimum absolute atomic E-state index is 0.245. The number of hydrogen-bond donors (Lipinski definition) is 1. The molecule has 0 aliphatic rings. The summed E-state index contributed by atoms with van der Waals surface area (Å²) in [6.45, 7) is 5.41. The molecule has 1 N–H and O–H groups in total. The lowest BCUT2D eigenvalue weighted by Crippen LogP contribution is -2.13. The molecular formula is C24H25N5O3S. The molecule has 0 saturated heterocycles. The number of sulfone groups is 1. The summed E-state index contributed by atoms with van der Waals surface area (Å²) >= 11 is 0. The van der Waals surface area contributed by atoms with Gasteiger partial charge in [0, 0.05) is 17.2 Å². The van der Waals surface area contributed by atoms with E-state index < -0.39 is 15.1 Å². The van der Waals surface area contributed by atoms with Gasteiger partial charge in [-0.15, -0.1) is 10.2 Å². The summed E-state index contributed by atoms with van der Waals surface area (Å²) in [6.07, 6.45) is 3.16. The van der Waals surface area contributed by atoms with E-state index in [-0.39, 0.29) is 16.8 Å². The molecule has 33 heavy (non-hydrogen) atoms. The zero-order chi connectivity index (χ0) is 23.6. The van der Waals surface area contributed by atoms with E-state index in [0.29, 0.717) is 17.3 Å². The summed E-state index contributed by atoms with van der Waals surface area (Å²) in [7, 11) is -1.42. The van der Waals surface area contributed by atoms with Gasteiger partial charge in [0.2, 0.25) is 5.89 Å². The van der Waals surface area contributed by atoms with Gasteiger partial charge in [0.15, 0.2) is 9.84 Å². The van der Waals surface area contributed by atoms with E-state index in [9.17, 15) is 8.42 Å². The van der Waals surface area contributed by atoms with Crippen molar-refractivity contribution in [3.63, 3.8) is 0 Å². The first-order chi connectivity index (χ1) is 15.8. The molecule has 0 aliphatic carbocycles. The lowest BCUT2D eigenvalue weighted by atomic mass is 10.1. The first-order valence-corrected chi connectivity index (χ1v) is 12.1. The van der Waals surface area contributed by atoms with E-state index in [1.807, 2.05) is 31.3 Å². The van der Waals surface area contributed by atoms with Crippen LogP contribution < -0.4 is 5.32 Å². The van der Waals surface area contributed by atoms with Crippen molar-refractivity contribution >= 4 is 9.84 Å². The predicted molar refractivity (Wildman–Crippen MR) is 126 cm³/mol. The smallest absolute Gasteiger partial charge is 0.268 e. The minimum Gasteiger partial charge on any atom is -0.415 e. The van der Waals surface area contributed by atoms with Gasteiger partial charge in [-0.3, -0.25) is 4.98 Å². The number of aromatic nitrogens is 4. The number of nitrogens with zero attached hydrogens (tertiary/aromatic N) is 4. The van der Waals surface area contributed by atoms with Gasteiger partial charge >= 0.3 is 0 Å². The number of hydrogen-bond acceptors (Lipinski definition) is 8. The molecule has 0 amide bonds. The van der Waals surface area contributed by atoms with Crippen LogP contribution in [0.1, 0.15) is 32.4 Å². The van der Waals surface area contributed by atoms with Crippen LogP contribution in [-0.2, 0) is 9.84 Å². The van der Waals surface area contributed by atoms with Crippen LogP contribution in [0.15, 0.2) is 70.2 Å². The van der Waals surface area contributed by atoms with Gasteiger partial charge in [0.05, 0.1) is 28.2 Å². The summed E-state index contributed by atoms with van der Waals surface area (Å²) in [5.74, 6) is 0.648. The van der Waals surface area contributed by atoms with Crippen molar-refractivity contribution < 1.29 is 12.8 Å². The SMILES string of the molecule is CNC(C)c1ccc(-c2nnc(-c3cncc(-c4ccc(S(=O)(=O)C(C)C)cc4)n3)o2)cc1. The second-order valence-electron chi connectivity index (χ2n) is 7.95. The number of benzene rings is 2. The first kappa shape index (κ1) is 22.8. The molecular weight excluding hydrogens is 438 g/mol. The van der Waals surface area contributed by atoms with Gasteiger partial charge in [0.1, 0.15) is 5.69 Å². The molecule has 8 nitrogen and oxygen atoms in total. The maximum atomic E-state index is 12.3. The van der Waals surface area contributed by atoms with Crippen LogP contribution in [0.4, 0.5) is 0 Å². The standard InChI is InChI=1S/C24H25N5O3S/c1-15(2)33(30,31)20-11-9-18(10-12-20)21-13-26-14-22(27-21)24-29-28-23(32-24)19-7-5-17(6-8-19)16(3)25-4/h5-16,25H,1-4H3. The molecule has 2 aromatic carbocycles. The fraction of sp³-hybridized carbons (Fsp3) is 0.250. The highest BCUT2D eigenvalue weighted by molar-refractivity contribution is 7.92. The fourth-order valence-corrected chi connectivity index (χ4v) is 4.28. The van der Waals surface area contributed by atoms with Crippen LogP contribution in [0.3, 0.4) is 0 Å². The Morgan fingerprint density at radius 1 is 0.818 bits per heavy atom. The normalized spacial score (nSPS) is 12.8. The van der Waals surface area contributed by atoms with E-state index >= 15 is 0 Å². The molecule has 2 aromatic heterocycles. The highest BCUT2D eigenvalue weighted by Gasteiger charge is 2.19. The predicted octanol–water partition coefficient (Wildman–Crippen LogP) is 4.32. The monoisotopic (exact) mass is 463 g/mol. The van der Waals surface area contributed by atoms with Crippen molar-refractivity contribution in [3.8, 4) is 34.3 Å². The topological polar surface area (TPSA) is 111 Å². The van der Waals surface area contributed by atoms with Crippen LogP contribution in [0.25, 0.3) is 34.3 Å². The highest BCUT2D eigenvalue weighted by atomic mass is 32.2. The Kier molecular flexibility index (Phi) is 6.35. The molecule has 0 aliphatic heterocycles. The Bertz CT molecular complexity index is 1350. The number of nitrogens with one attached hydrogen (secondary N) is 1.